The van der Waals surface area contributed by atoms with Crippen LogP contribution in [0.2, 0.25) is 0 Å². The molecule has 0 aliphatic rings. The van der Waals surface area contributed by atoms with Crippen molar-refractivity contribution < 1.29 is 0 Å². The summed E-state index contributed by atoms with van der Waals surface area (Å²) < 4.78 is 1.96. The lowest BCUT2D eigenvalue weighted by molar-refractivity contribution is 0.456. The SMILES string of the molecule is CCC(N)Cc1ncnn1CC(C)C. The first kappa shape index (κ1) is 11.2. The molecule has 1 aromatic rings. The molecule has 0 saturated carbocycles. The third-order valence-electron chi connectivity index (χ3n) is 2.20. The number of nitrogens with two attached hydrogens (primary N) is 1. The summed E-state index contributed by atoms with van der Waals surface area (Å²) in [6.07, 6.45) is 3.41. The van der Waals surface area contributed by atoms with Crippen molar-refractivity contribution in [1.29, 1.82) is 0 Å². The second-order valence-electron chi connectivity index (χ2n) is 4.12. The largest absolute Gasteiger partial charge is 0.327 e. The van der Waals surface area contributed by atoms with Crippen molar-refractivity contribution in [3.63, 3.8) is 0 Å². The smallest absolute Gasteiger partial charge is 0.138 e. The highest BCUT2D eigenvalue weighted by molar-refractivity contribution is 4.88. The molecule has 1 rings (SSSR count). The maximum atomic E-state index is 5.88. The van der Waals surface area contributed by atoms with Crippen LogP contribution in [0, 0.1) is 5.92 Å². The van der Waals surface area contributed by atoms with Gasteiger partial charge < -0.3 is 5.73 Å². The normalized spacial score (nSPS) is 13.5. The summed E-state index contributed by atoms with van der Waals surface area (Å²) in [6.45, 7) is 7.36. The van der Waals surface area contributed by atoms with Crippen LogP contribution in [-0.4, -0.2) is 20.8 Å². The van der Waals surface area contributed by atoms with E-state index in [1.807, 2.05) is 4.68 Å². The van der Waals surface area contributed by atoms with E-state index in [0.29, 0.717) is 5.92 Å². The molecule has 1 unspecified atom stereocenters. The van der Waals surface area contributed by atoms with Crippen LogP contribution >= 0.6 is 0 Å². The standard InChI is InChI=1S/C10H20N4/c1-4-9(11)5-10-12-7-13-14(10)6-8(2)3/h7-9H,4-6,11H2,1-3H3. The number of hydrogen-bond donors (Lipinski definition) is 1. The summed E-state index contributed by atoms with van der Waals surface area (Å²) >= 11 is 0. The molecule has 0 saturated heterocycles. The van der Waals surface area contributed by atoms with Crippen LogP contribution in [-0.2, 0) is 13.0 Å². The minimum atomic E-state index is 0.199. The van der Waals surface area contributed by atoms with Gasteiger partial charge in [-0.3, -0.25) is 0 Å². The van der Waals surface area contributed by atoms with Gasteiger partial charge in [-0.25, -0.2) is 9.67 Å². The Kier molecular flexibility index (Phi) is 4.07. The highest BCUT2D eigenvalue weighted by Gasteiger charge is 2.09. The van der Waals surface area contributed by atoms with Gasteiger partial charge in [0.2, 0.25) is 0 Å². The molecule has 1 aromatic heterocycles. The second kappa shape index (κ2) is 5.10. The van der Waals surface area contributed by atoms with Gasteiger partial charge in [0.05, 0.1) is 0 Å². The monoisotopic (exact) mass is 196 g/mol. The minimum absolute atomic E-state index is 0.199. The highest BCUT2D eigenvalue weighted by atomic mass is 15.3. The van der Waals surface area contributed by atoms with Crippen molar-refractivity contribution in [2.24, 2.45) is 11.7 Å². The predicted octanol–water partition coefficient (Wildman–Crippen LogP) is 1.21. The fourth-order valence-corrected chi connectivity index (χ4v) is 1.32. The zero-order valence-corrected chi connectivity index (χ0v) is 9.27. The molecule has 0 fully saturated rings. The Labute approximate surface area is 85.5 Å². The lowest BCUT2D eigenvalue weighted by Crippen LogP contribution is -2.24. The summed E-state index contributed by atoms with van der Waals surface area (Å²) in [5.41, 5.74) is 5.88. The van der Waals surface area contributed by atoms with E-state index in [9.17, 15) is 0 Å². The lowest BCUT2D eigenvalue weighted by atomic mass is 10.1. The van der Waals surface area contributed by atoms with Gasteiger partial charge in [-0.1, -0.05) is 20.8 Å². The van der Waals surface area contributed by atoms with Gasteiger partial charge in [-0.05, 0) is 12.3 Å². The maximum absolute atomic E-state index is 5.88. The molecule has 0 amide bonds. The van der Waals surface area contributed by atoms with Gasteiger partial charge >= 0.3 is 0 Å². The van der Waals surface area contributed by atoms with E-state index >= 15 is 0 Å². The summed E-state index contributed by atoms with van der Waals surface area (Å²) in [6, 6.07) is 0.199. The molecule has 0 spiro atoms. The Balaban J connectivity index is 2.62. The molecule has 80 valence electrons. The topological polar surface area (TPSA) is 56.7 Å². The number of rotatable bonds is 5. The first-order valence-electron chi connectivity index (χ1n) is 5.25. The van der Waals surface area contributed by atoms with Gasteiger partial charge in [-0.2, -0.15) is 5.10 Å². The average Bonchev–Trinajstić information content (AvgIpc) is 2.52. The summed E-state index contributed by atoms with van der Waals surface area (Å²) in [5, 5.41) is 4.19. The Bertz CT molecular complexity index is 267. The van der Waals surface area contributed by atoms with Crippen molar-refractivity contribution in [2.75, 3.05) is 0 Å². The van der Waals surface area contributed by atoms with E-state index in [-0.39, 0.29) is 6.04 Å². The average molecular weight is 196 g/mol. The Morgan fingerprint density at radius 3 is 2.79 bits per heavy atom. The van der Waals surface area contributed by atoms with Gasteiger partial charge in [0.15, 0.2) is 0 Å². The van der Waals surface area contributed by atoms with Crippen molar-refractivity contribution >= 4 is 0 Å². The third-order valence-corrected chi connectivity index (χ3v) is 2.20. The molecule has 1 atom stereocenters. The zero-order valence-electron chi connectivity index (χ0n) is 9.27. The molecular weight excluding hydrogens is 176 g/mol. The third kappa shape index (κ3) is 3.10. The van der Waals surface area contributed by atoms with Gasteiger partial charge in [0.1, 0.15) is 12.2 Å². The summed E-state index contributed by atoms with van der Waals surface area (Å²) in [4.78, 5) is 4.23. The molecule has 2 N–H and O–H groups in total. The zero-order chi connectivity index (χ0) is 10.6. The van der Waals surface area contributed by atoms with Crippen molar-refractivity contribution in [2.45, 2.75) is 46.2 Å². The molecular formula is C10H20N4. The summed E-state index contributed by atoms with van der Waals surface area (Å²) in [5.74, 6) is 1.60. The Morgan fingerprint density at radius 2 is 2.21 bits per heavy atom. The first-order valence-corrected chi connectivity index (χ1v) is 5.25. The van der Waals surface area contributed by atoms with E-state index in [4.69, 9.17) is 5.73 Å². The van der Waals surface area contributed by atoms with Crippen molar-refractivity contribution in [3.05, 3.63) is 12.2 Å². The molecule has 0 bridgehead atoms. The van der Waals surface area contributed by atoms with Crippen molar-refractivity contribution in [3.8, 4) is 0 Å². The van der Waals surface area contributed by atoms with Crippen LogP contribution in [0.3, 0.4) is 0 Å². The van der Waals surface area contributed by atoms with E-state index < -0.39 is 0 Å². The van der Waals surface area contributed by atoms with E-state index in [1.165, 1.54) is 0 Å². The van der Waals surface area contributed by atoms with E-state index in [2.05, 4.69) is 30.9 Å². The fraction of sp³-hybridized carbons (Fsp3) is 0.800. The number of hydrogen-bond acceptors (Lipinski definition) is 3. The first-order chi connectivity index (χ1) is 6.63. The molecule has 4 heteroatoms. The highest BCUT2D eigenvalue weighted by Crippen LogP contribution is 2.04. The second-order valence-corrected chi connectivity index (χ2v) is 4.12. The molecule has 4 nitrogen and oxygen atoms in total. The summed E-state index contributed by atoms with van der Waals surface area (Å²) in [7, 11) is 0. The molecule has 1 heterocycles. The van der Waals surface area contributed by atoms with Crippen LogP contribution in [0.4, 0.5) is 0 Å². The molecule has 0 aliphatic carbocycles. The molecule has 0 radical (unpaired) electrons. The van der Waals surface area contributed by atoms with E-state index in [1.54, 1.807) is 6.33 Å². The molecule has 0 aromatic carbocycles. The number of nitrogens with zero attached hydrogens (tertiary/aromatic N) is 3. The fourth-order valence-electron chi connectivity index (χ4n) is 1.32. The minimum Gasteiger partial charge on any atom is -0.327 e. The van der Waals surface area contributed by atoms with Crippen LogP contribution in [0.5, 0.6) is 0 Å². The van der Waals surface area contributed by atoms with Crippen LogP contribution in [0.15, 0.2) is 6.33 Å². The van der Waals surface area contributed by atoms with Gasteiger partial charge in [-0.15, -0.1) is 0 Å². The predicted molar refractivity (Wildman–Crippen MR) is 56.8 cm³/mol. The van der Waals surface area contributed by atoms with Crippen LogP contribution < -0.4 is 5.73 Å². The van der Waals surface area contributed by atoms with Crippen LogP contribution in [0.25, 0.3) is 0 Å². The Morgan fingerprint density at radius 1 is 1.50 bits per heavy atom. The number of aromatic nitrogens is 3. The van der Waals surface area contributed by atoms with Crippen molar-refractivity contribution in [1.82, 2.24) is 14.8 Å². The van der Waals surface area contributed by atoms with Crippen LogP contribution in [0.1, 0.15) is 33.0 Å². The molecule has 14 heavy (non-hydrogen) atoms. The maximum Gasteiger partial charge on any atom is 0.138 e. The Hall–Kier alpha value is -0.900. The van der Waals surface area contributed by atoms with Gasteiger partial charge in [0, 0.05) is 19.0 Å². The molecule has 0 aliphatic heterocycles. The van der Waals surface area contributed by atoms with E-state index in [0.717, 1.165) is 25.2 Å². The van der Waals surface area contributed by atoms with Gasteiger partial charge in [0.25, 0.3) is 0 Å². The quantitative estimate of drug-likeness (QED) is 0.770. The lowest BCUT2D eigenvalue weighted by Gasteiger charge is -2.11.